The zero-order valence-corrected chi connectivity index (χ0v) is 82.7. The van der Waals surface area contributed by atoms with E-state index in [0.717, 1.165) is 31.6 Å². The fraction of sp³-hybridized carbons (Fsp3) is 0.419. The molecule has 0 saturated heterocycles. The van der Waals surface area contributed by atoms with Crippen molar-refractivity contribution >= 4 is 43.1 Å². The van der Waals surface area contributed by atoms with Gasteiger partial charge in [0.05, 0.1) is 43.8 Å². The third-order valence-electron chi connectivity index (χ3n) is 28.4. The molecule has 4 heterocycles. The molecule has 0 aliphatic heterocycles. The van der Waals surface area contributed by atoms with E-state index in [2.05, 4.69) is 404 Å². The smallest absolute Gasteiger partial charge is 0.200 e. The fourth-order valence-corrected chi connectivity index (χ4v) is 21.3. The monoisotopic (exact) mass is 1700 g/mol. The molecule has 14 aromatic rings. The number of hydrogen-bond donors (Lipinski definition) is 0. The van der Waals surface area contributed by atoms with Gasteiger partial charge >= 0.3 is 0 Å². The van der Waals surface area contributed by atoms with Crippen LogP contribution in [0, 0.1) is 84.0 Å². The van der Waals surface area contributed by atoms with Crippen LogP contribution in [-0.4, -0.2) is 0 Å². The zero-order valence-electron chi connectivity index (χ0n) is 83.7. The maximum absolute atomic E-state index is 8.87. The summed E-state index contributed by atoms with van der Waals surface area (Å²) in [6.07, 6.45) is 25.3. The van der Waals surface area contributed by atoms with Crippen molar-refractivity contribution in [2.45, 2.75) is 293 Å². The topological polar surface area (TPSA) is 15.5 Å². The molecular weight excluding hydrogens is 1550 g/mol. The molecule has 3 aliphatic rings. The molecule has 17 rings (SSSR count). The second-order valence-corrected chi connectivity index (χ2v) is 43.9. The van der Waals surface area contributed by atoms with Gasteiger partial charge < -0.3 is 0 Å². The molecule has 3 fully saturated rings. The molecule has 4 nitrogen and oxygen atoms in total. The lowest BCUT2D eigenvalue weighted by molar-refractivity contribution is -0.665. The molecule has 0 bridgehead atoms. The minimum atomic E-state index is 0. The third kappa shape index (κ3) is 22.6. The highest BCUT2D eigenvalue weighted by Crippen LogP contribution is 2.46. The molecule has 3 saturated carbocycles. The predicted octanol–water partition coefficient (Wildman–Crippen LogP) is 32.6. The second kappa shape index (κ2) is 40.1. The number of aryl methyl sites for hydroxylation is 6. The number of benzene rings is 10. The second-order valence-electron chi connectivity index (χ2n) is 43.9. The first-order chi connectivity index (χ1) is 60.7. The number of pyridine rings is 4. The Balaban J connectivity index is 0.000000147. The minimum Gasteiger partial charge on any atom is -0.200 e. The summed E-state index contributed by atoms with van der Waals surface area (Å²) in [6, 6.07) is 80.2. The molecule has 128 heavy (non-hydrogen) atoms. The lowest BCUT2D eigenvalue weighted by Gasteiger charge is -2.28. The molecule has 4 heteroatoms. The largest absolute Gasteiger partial charge is 0.220 e. The van der Waals surface area contributed by atoms with Crippen molar-refractivity contribution in [2.75, 3.05) is 0 Å². The average molecular weight is 1700 g/mol. The number of aromatic nitrogens is 4. The number of fused-ring (bicyclic) bond motifs is 4. The van der Waals surface area contributed by atoms with E-state index < -0.39 is 0 Å². The van der Waals surface area contributed by atoms with Gasteiger partial charge in [0.25, 0.3) is 0 Å². The Bertz CT molecular complexity index is 6370. The molecule has 0 unspecified atom stereocenters. The Morgan fingerprint density at radius 2 is 0.617 bits per heavy atom. The van der Waals surface area contributed by atoms with Crippen molar-refractivity contribution < 1.29 is 19.6 Å². The van der Waals surface area contributed by atoms with Crippen LogP contribution < -0.4 is 18.3 Å². The SMILES string of the molecule is C.Cc1cc(-c2ccccc2)cc(-c2c3ccc(CC(C)(C)C)cc3cc(C)[n+]2C)c1C.Cc1cc(C2CCCCC2)cc(-c2c3ccc(CC(C)(C)C)cc3cc(C)[n+]2C)c1C.Cc1ccc(-c2ccccc2)cc1-c1c2ccc(CC(C)(C)C)cc2cc(C)[n+]1C.[2H]c1cc2cc(CC(C)(C)C)ccc2c(-c2cc(C3CCCCC3)cc(C3CCCCC3)c2C)[n+]1C. The van der Waals surface area contributed by atoms with Gasteiger partial charge in [-0.25, -0.2) is 4.57 Å². The minimum absolute atomic E-state index is 0. The van der Waals surface area contributed by atoms with Crippen LogP contribution in [0.5, 0.6) is 0 Å². The third-order valence-corrected chi connectivity index (χ3v) is 28.4. The lowest BCUT2D eigenvalue weighted by Crippen LogP contribution is -2.35. The molecule has 0 N–H and O–H groups in total. The summed E-state index contributed by atoms with van der Waals surface area (Å²) in [5, 5.41) is 10.5. The Morgan fingerprint density at radius 3 is 1.02 bits per heavy atom. The maximum atomic E-state index is 8.87. The number of hydrogen-bond acceptors (Lipinski definition) is 0. The quantitative estimate of drug-likeness (QED) is 0.102. The summed E-state index contributed by atoms with van der Waals surface area (Å²) in [4.78, 5) is 0. The van der Waals surface area contributed by atoms with Gasteiger partial charge in [0.1, 0.15) is 29.6 Å². The van der Waals surface area contributed by atoms with Crippen molar-refractivity contribution in [1.82, 2.24) is 0 Å². The van der Waals surface area contributed by atoms with E-state index in [4.69, 9.17) is 1.37 Å². The van der Waals surface area contributed by atoms with Crippen LogP contribution in [0.2, 0.25) is 0 Å². The highest BCUT2D eigenvalue weighted by Gasteiger charge is 2.31. The summed E-state index contributed by atoms with van der Waals surface area (Å²) >= 11 is 0. The number of nitrogens with zero attached hydrogens (tertiary/aromatic N) is 4. The van der Waals surface area contributed by atoms with Crippen LogP contribution in [0.15, 0.2) is 218 Å². The van der Waals surface area contributed by atoms with Gasteiger partial charge in [0.15, 0.2) is 23.3 Å². The van der Waals surface area contributed by atoms with E-state index in [1.165, 1.54) is 279 Å². The Kier molecular flexibility index (Phi) is 29.4. The first-order valence-corrected chi connectivity index (χ1v) is 48.5. The summed E-state index contributed by atoms with van der Waals surface area (Å²) in [6.45, 7) is 48.0. The van der Waals surface area contributed by atoms with Crippen molar-refractivity contribution in [3.05, 3.63) is 308 Å². The highest BCUT2D eigenvalue weighted by molar-refractivity contribution is 5.98. The van der Waals surface area contributed by atoms with Crippen molar-refractivity contribution in [1.29, 1.82) is 0 Å². The molecule has 0 atom stereocenters. The maximum Gasteiger partial charge on any atom is 0.220 e. The molecule has 4 aromatic heterocycles. The molecule has 3 aliphatic carbocycles. The Morgan fingerprint density at radius 1 is 0.281 bits per heavy atom. The Labute approximate surface area is 775 Å². The van der Waals surface area contributed by atoms with Crippen LogP contribution >= 0.6 is 0 Å². The summed E-state index contributed by atoms with van der Waals surface area (Å²) < 4.78 is 18.1. The summed E-state index contributed by atoms with van der Waals surface area (Å²) in [7, 11) is 8.70. The van der Waals surface area contributed by atoms with Crippen LogP contribution in [-0.2, 0) is 53.9 Å². The average Bonchev–Trinajstić information content (AvgIpc) is 0.793. The lowest BCUT2D eigenvalue weighted by atomic mass is 9.76. The van der Waals surface area contributed by atoms with Crippen LogP contribution in [0.25, 0.3) is 110 Å². The van der Waals surface area contributed by atoms with E-state index in [1.54, 1.807) is 16.7 Å². The van der Waals surface area contributed by atoms with Crippen LogP contribution in [0.1, 0.15) is 295 Å². The van der Waals surface area contributed by atoms with E-state index in [-0.39, 0.29) is 23.7 Å². The Hall–Kier alpha value is -10.2. The summed E-state index contributed by atoms with van der Waals surface area (Å²) in [5.74, 6) is 2.11. The van der Waals surface area contributed by atoms with E-state index in [0.29, 0.717) is 23.4 Å². The fourth-order valence-electron chi connectivity index (χ4n) is 21.3. The molecule has 0 radical (unpaired) electrons. The van der Waals surface area contributed by atoms with Gasteiger partial charge in [0, 0.05) is 45.0 Å². The van der Waals surface area contributed by atoms with Crippen molar-refractivity contribution in [2.24, 2.45) is 49.9 Å². The van der Waals surface area contributed by atoms with Crippen molar-refractivity contribution in [3.8, 4) is 67.3 Å². The highest BCUT2D eigenvalue weighted by atomic mass is 15.0. The molecule has 0 spiro atoms. The molecule has 668 valence electrons. The first-order valence-electron chi connectivity index (χ1n) is 49.0. The van der Waals surface area contributed by atoms with Gasteiger partial charge in [0.2, 0.25) is 22.8 Å². The normalized spacial score (nSPS) is 14.5. The molecular formula is C124H156N4+4. The predicted molar refractivity (Wildman–Crippen MR) is 553 cm³/mol. The van der Waals surface area contributed by atoms with E-state index >= 15 is 0 Å². The van der Waals surface area contributed by atoms with Crippen LogP contribution in [0.4, 0.5) is 0 Å². The van der Waals surface area contributed by atoms with Gasteiger partial charge in [-0.1, -0.05) is 288 Å². The van der Waals surface area contributed by atoms with Gasteiger partial charge in [-0.05, 0) is 310 Å². The van der Waals surface area contributed by atoms with Crippen LogP contribution in [0.3, 0.4) is 0 Å². The summed E-state index contributed by atoms with van der Waals surface area (Å²) in [5.41, 5.74) is 39.2. The molecule has 10 aromatic carbocycles. The standard InChI is InChI=1S/C34H46N.C30H40N.C30H34N.C29H32N.CH4/c1-24-31(27-14-10-7-11-15-27)21-29(26-12-8-6-9-13-26)22-32(24)33-30-17-16-25(23-34(2,3)4)20-28(30)18-19-35(33)5;2*1-20-15-25(24-11-9-8-10-12-24)18-28(22(20)3)29-27-14-13-23(19-30(4,5)6)17-26(27)16-21(2)31(29)7;1-20-12-14-24(23-10-8-7-9-11-23)18-27(20)28-26-15-13-22(19-29(3,4)5)17-25(26)16-21(2)30(28)6;/h16-22,26-27H,6-15,23H2,1-5H3;13-18,24H,8-12,19H2,1-7H3;8-18H,19H2,1-7H3;7-18H,19H2,1-6H3;1H4/q4*+1;/i19D;;;;. The van der Waals surface area contributed by atoms with Gasteiger partial charge in [-0.2, -0.15) is 13.7 Å². The van der Waals surface area contributed by atoms with Crippen molar-refractivity contribution in [3.63, 3.8) is 0 Å². The number of rotatable bonds is 13. The van der Waals surface area contributed by atoms with Gasteiger partial charge in [-0.15, -0.1) is 0 Å². The zero-order chi connectivity index (χ0) is 91.6. The van der Waals surface area contributed by atoms with Gasteiger partial charge in [-0.3, -0.25) is 0 Å². The molecule has 0 amide bonds. The first kappa shape index (κ1) is 94.0. The van der Waals surface area contributed by atoms with E-state index in [9.17, 15) is 0 Å². The van der Waals surface area contributed by atoms with E-state index in [1.807, 2.05) is 0 Å².